The molecule has 0 unspecified atom stereocenters. The molecule has 0 atom stereocenters. The van der Waals surface area contributed by atoms with E-state index in [0.29, 0.717) is 16.5 Å². The van der Waals surface area contributed by atoms with Gasteiger partial charge in [0.25, 0.3) is 5.91 Å². The van der Waals surface area contributed by atoms with Gasteiger partial charge in [-0.25, -0.2) is 8.42 Å². The number of carbonyl (C=O) groups excluding carboxylic acids is 2. The van der Waals surface area contributed by atoms with Crippen LogP contribution in [-0.2, 0) is 14.8 Å². The third-order valence-electron chi connectivity index (χ3n) is 4.65. The maximum Gasteiger partial charge on any atom is 0.254 e. The normalized spacial score (nSPS) is 11.5. The molecule has 0 spiro atoms. The molecule has 0 heterocycles. The average molecular weight is 468 g/mol. The molecule has 10 heteroatoms. The van der Waals surface area contributed by atoms with Gasteiger partial charge in [-0.15, -0.1) is 0 Å². The Kier molecular flexibility index (Phi) is 8.05. The first kappa shape index (κ1) is 24.6. The number of amides is 2. The van der Waals surface area contributed by atoms with E-state index in [4.69, 9.17) is 16.3 Å². The van der Waals surface area contributed by atoms with Crippen molar-refractivity contribution in [3.05, 3.63) is 53.1 Å². The van der Waals surface area contributed by atoms with E-state index in [1.165, 1.54) is 54.7 Å². The lowest BCUT2D eigenvalue weighted by Crippen LogP contribution is -2.35. The Balaban J connectivity index is 2.15. The summed E-state index contributed by atoms with van der Waals surface area (Å²) < 4.78 is 31.8. The fourth-order valence-corrected chi connectivity index (χ4v) is 4.29. The highest BCUT2D eigenvalue weighted by Gasteiger charge is 2.25. The number of likely N-dealkylation sites (N-methyl/N-ethyl adjacent to an activating group) is 1. The molecule has 1 N–H and O–H groups in total. The number of benzene rings is 2. The Morgan fingerprint density at radius 3 is 2.42 bits per heavy atom. The second-order valence-corrected chi connectivity index (χ2v) is 9.63. The molecular formula is C21H26ClN3O5S. The zero-order valence-corrected chi connectivity index (χ0v) is 19.6. The van der Waals surface area contributed by atoms with Crippen molar-refractivity contribution < 1.29 is 22.7 Å². The van der Waals surface area contributed by atoms with Gasteiger partial charge in [-0.1, -0.05) is 17.7 Å². The second kappa shape index (κ2) is 10.1. The molecule has 0 radical (unpaired) electrons. The summed E-state index contributed by atoms with van der Waals surface area (Å²) in [5.41, 5.74) is 0.541. The molecule has 0 saturated heterocycles. The Hall–Kier alpha value is -2.62. The Morgan fingerprint density at radius 2 is 1.81 bits per heavy atom. The number of carbonyl (C=O) groups is 2. The zero-order valence-electron chi connectivity index (χ0n) is 18.0. The molecule has 0 bridgehead atoms. The van der Waals surface area contributed by atoms with Crippen molar-refractivity contribution in [2.75, 3.05) is 33.1 Å². The Labute approximate surface area is 187 Å². The standard InChI is InChI=1S/C21H26ClN3O5S/c1-14(2)25(4)31(28,29)17-8-6-7-15(11-17)21(27)24(3)13-20(26)23-18-12-16(22)9-10-19(18)30-5/h6-12,14H,13H2,1-5H3,(H,23,26). The SMILES string of the molecule is COc1ccc(Cl)cc1NC(=O)CN(C)C(=O)c1cccc(S(=O)(=O)N(C)C(C)C)c1. The van der Waals surface area contributed by atoms with Crippen molar-refractivity contribution in [2.24, 2.45) is 0 Å². The predicted molar refractivity (Wildman–Crippen MR) is 120 cm³/mol. The van der Waals surface area contributed by atoms with Crippen molar-refractivity contribution in [3.63, 3.8) is 0 Å². The summed E-state index contributed by atoms with van der Waals surface area (Å²) in [5, 5.41) is 3.08. The van der Waals surface area contributed by atoms with Crippen LogP contribution in [-0.4, -0.2) is 63.2 Å². The maximum atomic E-state index is 12.8. The van der Waals surface area contributed by atoms with Crippen LogP contribution in [0.3, 0.4) is 0 Å². The van der Waals surface area contributed by atoms with Gasteiger partial charge in [-0.2, -0.15) is 4.31 Å². The molecule has 31 heavy (non-hydrogen) atoms. The van der Waals surface area contributed by atoms with E-state index in [1.807, 2.05) is 0 Å². The third kappa shape index (κ3) is 5.96. The first-order valence-electron chi connectivity index (χ1n) is 9.44. The quantitative estimate of drug-likeness (QED) is 0.643. The van der Waals surface area contributed by atoms with Crippen LogP contribution in [0.5, 0.6) is 5.75 Å². The van der Waals surface area contributed by atoms with Gasteiger partial charge in [0.15, 0.2) is 0 Å². The summed E-state index contributed by atoms with van der Waals surface area (Å²) in [5.74, 6) is -0.517. The molecule has 0 fully saturated rings. The molecule has 0 saturated carbocycles. The van der Waals surface area contributed by atoms with Crippen LogP contribution in [0.2, 0.25) is 5.02 Å². The monoisotopic (exact) mass is 467 g/mol. The van der Waals surface area contributed by atoms with E-state index in [0.717, 1.165) is 0 Å². The second-order valence-electron chi connectivity index (χ2n) is 7.20. The predicted octanol–water partition coefficient (Wildman–Crippen LogP) is 3.09. The fourth-order valence-electron chi connectivity index (χ4n) is 2.71. The van der Waals surface area contributed by atoms with E-state index in [2.05, 4.69) is 5.32 Å². The van der Waals surface area contributed by atoms with E-state index in [-0.39, 0.29) is 23.0 Å². The van der Waals surface area contributed by atoms with Crippen molar-refractivity contribution in [3.8, 4) is 5.75 Å². The molecule has 168 valence electrons. The highest BCUT2D eigenvalue weighted by Crippen LogP contribution is 2.27. The lowest BCUT2D eigenvalue weighted by Gasteiger charge is -2.22. The lowest BCUT2D eigenvalue weighted by molar-refractivity contribution is -0.116. The van der Waals surface area contributed by atoms with Gasteiger partial charge in [-0.05, 0) is 50.2 Å². The lowest BCUT2D eigenvalue weighted by atomic mass is 10.2. The third-order valence-corrected chi connectivity index (χ3v) is 6.91. The molecule has 2 rings (SSSR count). The zero-order chi connectivity index (χ0) is 23.3. The molecule has 2 aromatic carbocycles. The number of sulfonamides is 1. The van der Waals surface area contributed by atoms with E-state index in [1.54, 1.807) is 32.0 Å². The first-order valence-corrected chi connectivity index (χ1v) is 11.3. The van der Waals surface area contributed by atoms with Crippen molar-refractivity contribution in [2.45, 2.75) is 24.8 Å². The summed E-state index contributed by atoms with van der Waals surface area (Å²) in [4.78, 5) is 26.4. The minimum Gasteiger partial charge on any atom is -0.495 e. The number of hydrogen-bond donors (Lipinski definition) is 1. The molecule has 2 amide bonds. The first-order chi connectivity index (χ1) is 14.5. The topological polar surface area (TPSA) is 96.0 Å². The Bertz CT molecular complexity index is 1070. The summed E-state index contributed by atoms with van der Waals surface area (Å²) in [6.45, 7) is 3.26. The molecule has 8 nitrogen and oxygen atoms in total. The summed E-state index contributed by atoms with van der Waals surface area (Å²) >= 11 is 5.96. The van der Waals surface area contributed by atoms with Crippen molar-refractivity contribution in [1.82, 2.24) is 9.21 Å². The van der Waals surface area contributed by atoms with Crippen LogP contribution in [0.1, 0.15) is 24.2 Å². The average Bonchev–Trinajstić information content (AvgIpc) is 2.72. The molecule has 0 aromatic heterocycles. The number of anilines is 1. The van der Waals surface area contributed by atoms with Gasteiger partial charge in [0.05, 0.1) is 24.2 Å². The van der Waals surface area contributed by atoms with Crippen LogP contribution in [0.15, 0.2) is 47.4 Å². The smallest absolute Gasteiger partial charge is 0.254 e. The maximum absolute atomic E-state index is 12.8. The minimum atomic E-state index is -3.74. The number of ether oxygens (including phenoxy) is 1. The van der Waals surface area contributed by atoms with Gasteiger partial charge in [0.1, 0.15) is 5.75 Å². The van der Waals surface area contributed by atoms with E-state index >= 15 is 0 Å². The van der Waals surface area contributed by atoms with Gasteiger partial charge < -0.3 is 15.0 Å². The van der Waals surface area contributed by atoms with Crippen molar-refractivity contribution in [1.29, 1.82) is 0 Å². The number of halogens is 1. The minimum absolute atomic E-state index is 0.0102. The van der Waals surface area contributed by atoms with Crippen LogP contribution in [0.25, 0.3) is 0 Å². The molecule has 0 aliphatic carbocycles. The van der Waals surface area contributed by atoms with E-state index in [9.17, 15) is 18.0 Å². The summed E-state index contributed by atoms with van der Waals surface area (Å²) in [6.07, 6.45) is 0. The molecule has 2 aromatic rings. The van der Waals surface area contributed by atoms with Crippen LogP contribution in [0, 0.1) is 0 Å². The molecule has 0 aliphatic rings. The van der Waals surface area contributed by atoms with Crippen LogP contribution < -0.4 is 10.1 Å². The fraction of sp³-hybridized carbons (Fsp3) is 0.333. The molecule has 0 aliphatic heterocycles. The Morgan fingerprint density at radius 1 is 1.13 bits per heavy atom. The number of nitrogens with zero attached hydrogens (tertiary/aromatic N) is 2. The number of nitrogens with one attached hydrogen (secondary N) is 1. The number of hydrogen-bond acceptors (Lipinski definition) is 5. The highest BCUT2D eigenvalue weighted by molar-refractivity contribution is 7.89. The van der Waals surface area contributed by atoms with E-state index < -0.39 is 21.8 Å². The summed E-state index contributed by atoms with van der Waals surface area (Å²) in [6, 6.07) is 10.3. The number of rotatable bonds is 8. The highest BCUT2D eigenvalue weighted by atomic mass is 35.5. The number of methoxy groups -OCH3 is 1. The van der Waals surface area contributed by atoms with Crippen LogP contribution in [0.4, 0.5) is 5.69 Å². The largest absolute Gasteiger partial charge is 0.495 e. The summed E-state index contributed by atoms with van der Waals surface area (Å²) in [7, 11) is 0.664. The van der Waals surface area contributed by atoms with Gasteiger partial charge >= 0.3 is 0 Å². The van der Waals surface area contributed by atoms with Gasteiger partial charge in [0, 0.05) is 30.7 Å². The van der Waals surface area contributed by atoms with Crippen molar-refractivity contribution >= 4 is 39.1 Å². The van der Waals surface area contributed by atoms with Crippen LogP contribution >= 0.6 is 11.6 Å². The van der Waals surface area contributed by atoms with Gasteiger partial charge in [-0.3, -0.25) is 9.59 Å². The van der Waals surface area contributed by atoms with Gasteiger partial charge in [0.2, 0.25) is 15.9 Å². The molecular weight excluding hydrogens is 442 g/mol.